The second-order valence-corrected chi connectivity index (χ2v) is 8.67. The molecule has 1 heterocycles. The molecule has 0 aromatic heterocycles. The van der Waals surface area contributed by atoms with Crippen LogP contribution in [-0.2, 0) is 4.79 Å². The predicted octanol–water partition coefficient (Wildman–Crippen LogP) is 2.98. The number of carbonyl (C=O) groups is 1. The van der Waals surface area contributed by atoms with Crippen LogP contribution < -0.4 is 16.0 Å². The predicted molar refractivity (Wildman–Crippen MR) is 113 cm³/mol. The Morgan fingerprint density at radius 1 is 1.08 bits per heavy atom. The fourth-order valence-corrected chi connectivity index (χ4v) is 5.07. The lowest BCUT2D eigenvalue weighted by Gasteiger charge is -2.30. The zero-order valence-electron chi connectivity index (χ0n) is 15.6. The minimum Gasteiger partial charge on any atom is -0.363 e. The van der Waals surface area contributed by atoms with Gasteiger partial charge in [0.1, 0.15) is 6.04 Å². The standard InChI is InChI=1S/C19H32N4OS2/c24-17-16(22-19(26)23(17)15-10-5-2-6-11-15)12-7-13-20-18(25)21-14-8-3-1-4-9-14/h14-16H,1-13H2,(H,22,26)(H2,20,21,25)/t16-/m0/s1. The Balaban J connectivity index is 1.35. The van der Waals surface area contributed by atoms with Gasteiger partial charge in [0.05, 0.1) is 0 Å². The number of amides is 1. The lowest BCUT2D eigenvalue weighted by atomic mass is 9.94. The molecule has 3 rings (SSSR count). The molecule has 0 aromatic rings. The molecule has 0 spiro atoms. The molecule has 3 fully saturated rings. The first-order chi connectivity index (χ1) is 12.6. The Hall–Kier alpha value is -0.950. The van der Waals surface area contributed by atoms with E-state index in [4.69, 9.17) is 24.4 Å². The molecule has 1 saturated heterocycles. The highest BCUT2D eigenvalue weighted by atomic mass is 32.1. The van der Waals surface area contributed by atoms with Crippen molar-refractivity contribution < 1.29 is 4.79 Å². The van der Waals surface area contributed by atoms with Crippen LogP contribution in [0.15, 0.2) is 0 Å². The van der Waals surface area contributed by atoms with Gasteiger partial charge in [-0.2, -0.15) is 0 Å². The van der Waals surface area contributed by atoms with Crippen LogP contribution in [0.3, 0.4) is 0 Å². The number of nitrogens with one attached hydrogen (secondary N) is 3. The second-order valence-electron chi connectivity index (χ2n) is 7.88. The highest BCUT2D eigenvalue weighted by Gasteiger charge is 2.39. The van der Waals surface area contributed by atoms with Crippen molar-refractivity contribution in [3.05, 3.63) is 0 Å². The molecule has 7 heteroatoms. The maximum absolute atomic E-state index is 12.7. The van der Waals surface area contributed by atoms with E-state index in [0.29, 0.717) is 17.2 Å². The van der Waals surface area contributed by atoms with Gasteiger partial charge in [0, 0.05) is 18.6 Å². The van der Waals surface area contributed by atoms with Crippen LogP contribution in [0.4, 0.5) is 0 Å². The molecule has 5 nitrogen and oxygen atoms in total. The molecule has 1 atom stereocenters. The van der Waals surface area contributed by atoms with Crippen LogP contribution in [0.1, 0.15) is 77.0 Å². The number of hydrogen-bond donors (Lipinski definition) is 3. The van der Waals surface area contributed by atoms with E-state index in [9.17, 15) is 4.79 Å². The molecular weight excluding hydrogens is 364 g/mol. The summed E-state index contributed by atoms with van der Waals surface area (Å²) in [4.78, 5) is 14.6. The third-order valence-corrected chi connectivity index (χ3v) is 6.46. The Bertz CT molecular complexity index is 516. The molecule has 146 valence electrons. The topological polar surface area (TPSA) is 56.4 Å². The average Bonchev–Trinajstić information content (AvgIpc) is 2.94. The summed E-state index contributed by atoms with van der Waals surface area (Å²) in [5.74, 6) is 0.171. The zero-order valence-corrected chi connectivity index (χ0v) is 17.2. The maximum Gasteiger partial charge on any atom is 0.251 e. The van der Waals surface area contributed by atoms with Crippen molar-refractivity contribution in [2.75, 3.05) is 6.54 Å². The van der Waals surface area contributed by atoms with Crippen molar-refractivity contribution in [1.29, 1.82) is 0 Å². The van der Waals surface area contributed by atoms with E-state index in [1.807, 2.05) is 4.90 Å². The van der Waals surface area contributed by atoms with Gasteiger partial charge < -0.3 is 16.0 Å². The summed E-state index contributed by atoms with van der Waals surface area (Å²) >= 11 is 10.8. The molecule has 2 saturated carbocycles. The van der Waals surface area contributed by atoms with E-state index >= 15 is 0 Å². The molecular formula is C19H32N4OS2. The Morgan fingerprint density at radius 3 is 2.42 bits per heavy atom. The minimum atomic E-state index is -0.161. The number of carbonyl (C=O) groups excluding carboxylic acids is 1. The van der Waals surface area contributed by atoms with Gasteiger partial charge >= 0.3 is 0 Å². The fraction of sp³-hybridized carbons (Fsp3) is 0.842. The van der Waals surface area contributed by atoms with Gasteiger partial charge in [-0.1, -0.05) is 38.5 Å². The van der Waals surface area contributed by atoms with Crippen molar-refractivity contribution in [2.45, 2.75) is 95.2 Å². The third kappa shape index (κ3) is 5.28. The first-order valence-corrected chi connectivity index (χ1v) is 11.1. The molecule has 0 unspecified atom stereocenters. The van der Waals surface area contributed by atoms with Crippen molar-refractivity contribution in [1.82, 2.24) is 20.9 Å². The Labute approximate surface area is 168 Å². The fourth-order valence-electron chi connectivity index (χ4n) is 4.42. The van der Waals surface area contributed by atoms with Gasteiger partial charge in [0.15, 0.2) is 10.2 Å². The number of hydrogen-bond acceptors (Lipinski definition) is 3. The van der Waals surface area contributed by atoms with Crippen molar-refractivity contribution in [2.24, 2.45) is 0 Å². The molecule has 3 aliphatic rings. The minimum absolute atomic E-state index is 0.161. The molecule has 1 aliphatic heterocycles. The van der Waals surface area contributed by atoms with Crippen molar-refractivity contribution >= 4 is 40.6 Å². The van der Waals surface area contributed by atoms with Crippen LogP contribution >= 0.6 is 24.4 Å². The first-order valence-electron chi connectivity index (χ1n) is 10.3. The SMILES string of the molecule is O=C1[C@H](CCCNC(=S)NC2CCCCC2)NC(=S)N1C1CCCCC1. The largest absolute Gasteiger partial charge is 0.363 e. The van der Waals surface area contributed by atoms with E-state index in [-0.39, 0.29) is 11.9 Å². The summed E-state index contributed by atoms with van der Waals surface area (Å²) < 4.78 is 0. The molecule has 1 amide bonds. The van der Waals surface area contributed by atoms with E-state index < -0.39 is 0 Å². The van der Waals surface area contributed by atoms with E-state index in [1.165, 1.54) is 51.4 Å². The highest BCUT2D eigenvalue weighted by molar-refractivity contribution is 7.80. The van der Waals surface area contributed by atoms with Crippen molar-refractivity contribution in [3.63, 3.8) is 0 Å². The van der Waals surface area contributed by atoms with Gasteiger partial charge in [-0.15, -0.1) is 0 Å². The average molecular weight is 397 g/mol. The Kier molecular flexibility index (Phi) is 7.49. The zero-order chi connectivity index (χ0) is 18.4. The molecule has 0 aromatic carbocycles. The number of nitrogens with zero attached hydrogens (tertiary/aromatic N) is 1. The lowest BCUT2D eigenvalue weighted by Crippen LogP contribution is -2.43. The van der Waals surface area contributed by atoms with Crippen LogP contribution in [0.5, 0.6) is 0 Å². The normalized spacial score (nSPS) is 25.2. The van der Waals surface area contributed by atoms with Crippen LogP contribution in [0, 0.1) is 0 Å². The van der Waals surface area contributed by atoms with Gasteiger partial charge in [-0.05, 0) is 63.0 Å². The van der Waals surface area contributed by atoms with Gasteiger partial charge in [-0.3, -0.25) is 9.69 Å². The van der Waals surface area contributed by atoms with Crippen LogP contribution in [-0.4, -0.2) is 45.7 Å². The summed E-state index contributed by atoms with van der Waals surface area (Å²) in [6, 6.07) is 0.681. The maximum atomic E-state index is 12.7. The summed E-state index contributed by atoms with van der Waals surface area (Å²) in [5, 5.41) is 11.3. The summed E-state index contributed by atoms with van der Waals surface area (Å²) in [7, 11) is 0. The molecule has 26 heavy (non-hydrogen) atoms. The quantitative estimate of drug-likeness (QED) is 0.474. The Morgan fingerprint density at radius 2 is 1.73 bits per heavy atom. The van der Waals surface area contributed by atoms with Gasteiger partial charge in [0.2, 0.25) is 0 Å². The second kappa shape index (κ2) is 9.83. The van der Waals surface area contributed by atoms with Crippen molar-refractivity contribution in [3.8, 4) is 0 Å². The summed E-state index contributed by atoms with van der Waals surface area (Å²) in [5.41, 5.74) is 0. The molecule has 0 radical (unpaired) electrons. The third-order valence-electron chi connectivity index (χ3n) is 5.89. The number of thiocarbonyl (C=S) groups is 2. The van der Waals surface area contributed by atoms with Crippen LogP contribution in [0.2, 0.25) is 0 Å². The summed E-state index contributed by atoms with van der Waals surface area (Å²) in [6.07, 6.45) is 13.9. The molecule has 2 aliphatic carbocycles. The number of rotatable bonds is 6. The van der Waals surface area contributed by atoms with Gasteiger partial charge in [0.25, 0.3) is 5.91 Å². The van der Waals surface area contributed by atoms with Gasteiger partial charge in [-0.25, -0.2) is 0 Å². The monoisotopic (exact) mass is 396 g/mol. The van der Waals surface area contributed by atoms with E-state index in [1.54, 1.807) is 0 Å². The molecule has 0 bridgehead atoms. The first kappa shape index (κ1) is 19.8. The van der Waals surface area contributed by atoms with Crippen LogP contribution in [0.25, 0.3) is 0 Å². The smallest absolute Gasteiger partial charge is 0.251 e. The van der Waals surface area contributed by atoms with E-state index in [0.717, 1.165) is 37.3 Å². The molecule has 3 N–H and O–H groups in total. The lowest BCUT2D eigenvalue weighted by molar-refractivity contribution is -0.129. The highest BCUT2D eigenvalue weighted by Crippen LogP contribution is 2.26. The van der Waals surface area contributed by atoms with E-state index in [2.05, 4.69) is 16.0 Å². The summed E-state index contributed by atoms with van der Waals surface area (Å²) in [6.45, 7) is 0.792.